The van der Waals surface area contributed by atoms with Gasteiger partial charge in [0.25, 0.3) is 7.52 Å². The summed E-state index contributed by atoms with van der Waals surface area (Å²) in [5, 5.41) is 9.48. The van der Waals surface area contributed by atoms with E-state index in [0.717, 1.165) is 83.7 Å². The van der Waals surface area contributed by atoms with E-state index in [1.807, 2.05) is 4.57 Å². The van der Waals surface area contributed by atoms with Crippen LogP contribution in [0.3, 0.4) is 0 Å². The molecule has 8 N–H and O–H groups in total. The minimum Gasteiger partial charge on any atom is -0.382 e. The molecule has 2 unspecified atom stereocenters. The van der Waals surface area contributed by atoms with Crippen LogP contribution in [0.1, 0.15) is 239 Å². The van der Waals surface area contributed by atoms with E-state index in [2.05, 4.69) is 139 Å². The van der Waals surface area contributed by atoms with Gasteiger partial charge in [-0.25, -0.2) is 35.0 Å². The Kier molecular flexibility index (Phi) is 46.8. The van der Waals surface area contributed by atoms with Crippen LogP contribution in [0.5, 0.6) is 0 Å². The number of nitrogens with two attached hydrogens (primary N) is 2. The van der Waals surface area contributed by atoms with Crippen molar-refractivity contribution >= 4 is 48.9 Å². The second-order valence-corrected chi connectivity index (χ2v) is 27.4. The van der Waals surface area contributed by atoms with Gasteiger partial charge in [-0.05, 0) is 103 Å². The zero-order valence-corrected chi connectivity index (χ0v) is 56.6. The number of fused-ring (bicyclic) bond motifs is 2. The standard InChI is InChI=1S/C43H76N7O2P.C25H43N6O3P/c1-3-5-7-9-11-13-15-17-19-21-23-25-27-29-31-33-35-49-53(51,40-52-37-36-50-39-47-41-42(44)45-38-46-43(41)50)48-34-32-30-28-26-24-22-20-18-16-14-12-10-8-6-4-2;1-2-3-4-5-6-7-8-9-10-11-12-13-14-15-16-17-30-35(32,33)22-34-19-18-31-21-29-23-24(26)27-20-28-25(23)31/h10-13,16-19,38-39H,3-9,14-15,20-37,40H2,1-2H3,(H2,44,45,46)(H2,48,49,51);5-6,8-9,20-21H,2-4,7,10-19,22H2,1H3,(H2,26,27,28)(H2,30,32,33)/b12-10-,13-11-,18-16-,19-17-;6-5-,9-8-. The summed E-state index contributed by atoms with van der Waals surface area (Å²) in [5.41, 5.74) is 14.1. The number of allylic oxidation sites excluding steroid dienone is 12. The molecule has 0 saturated heterocycles. The summed E-state index contributed by atoms with van der Waals surface area (Å²) in [6, 6.07) is 0. The molecule has 0 spiro atoms. The maximum absolute atomic E-state index is 13.9. The molecule has 0 saturated carbocycles. The molecule has 0 fully saturated rings. The van der Waals surface area contributed by atoms with E-state index in [4.69, 9.17) is 20.9 Å². The number of imidazole rings is 2. The number of hydrogen-bond acceptors (Lipinski definition) is 12. The van der Waals surface area contributed by atoms with E-state index in [9.17, 15) is 14.0 Å². The lowest BCUT2D eigenvalue weighted by Crippen LogP contribution is -2.27. The van der Waals surface area contributed by atoms with Gasteiger partial charge < -0.3 is 35.0 Å². The highest BCUT2D eigenvalue weighted by molar-refractivity contribution is 7.59. The molecule has 4 heterocycles. The molecule has 0 radical (unpaired) electrons. The van der Waals surface area contributed by atoms with Crippen LogP contribution >= 0.6 is 15.0 Å². The minimum atomic E-state index is -3.50. The number of rotatable bonds is 56. The van der Waals surface area contributed by atoms with Gasteiger partial charge in [0.05, 0.1) is 25.9 Å². The molecule has 0 bridgehead atoms. The number of nitrogen functional groups attached to an aromatic ring is 2. The monoisotopic (exact) mass is 1260 g/mol. The van der Waals surface area contributed by atoms with Crippen LogP contribution in [0, 0.1) is 0 Å². The van der Waals surface area contributed by atoms with Crippen molar-refractivity contribution in [1.82, 2.24) is 54.3 Å². The minimum absolute atomic E-state index is 0.154. The Bertz CT molecular complexity index is 2620. The van der Waals surface area contributed by atoms with Gasteiger partial charge in [0.2, 0.25) is 7.44 Å². The van der Waals surface area contributed by atoms with Gasteiger partial charge in [0, 0.05) is 32.7 Å². The maximum Gasteiger partial charge on any atom is 0.292 e. The van der Waals surface area contributed by atoms with Crippen LogP contribution < -0.4 is 26.7 Å². The van der Waals surface area contributed by atoms with Crippen molar-refractivity contribution < 1.29 is 23.5 Å². The molecule has 0 aromatic carbocycles. The molecule has 4 aromatic rings. The zero-order chi connectivity index (χ0) is 63.1. The molecule has 0 aliphatic rings. The number of unbranched alkanes of at least 4 members (excludes halogenated alkanes) is 25. The molecule has 4 aromatic heterocycles. The summed E-state index contributed by atoms with van der Waals surface area (Å²) in [4.78, 5) is 35.0. The van der Waals surface area contributed by atoms with Crippen LogP contribution in [-0.4, -0.2) is 89.5 Å². The first-order valence-electron chi connectivity index (χ1n) is 34.2. The van der Waals surface area contributed by atoms with Crippen LogP contribution in [0.2, 0.25) is 0 Å². The summed E-state index contributed by atoms with van der Waals surface area (Å²) in [7, 11) is -6.38. The normalized spacial score (nSPS) is 13.7. The Morgan fingerprint density at radius 3 is 1.14 bits per heavy atom. The molecule has 496 valence electrons. The Labute approximate surface area is 531 Å². The molecule has 4 rings (SSSR count). The fourth-order valence-electron chi connectivity index (χ4n) is 9.76. The fourth-order valence-corrected chi connectivity index (χ4v) is 12.5. The third-order valence-corrected chi connectivity index (χ3v) is 18.3. The largest absolute Gasteiger partial charge is 0.382 e. The molecular weight excluding hydrogens is 1140 g/mol. The van der Waals surface area contributed by atoms with Crippen LogP contribution in [0.15, 0.2) is 98.2 Å². The van der Waals surface area contributed by atoms with Gasteiger partial charge in [-0.1, -0.05) is 209 Å². The van der Waals surface area contributed by atoms with Crippen LogP contribution in [-0.2, 0) is 31.7 Å². The molecular formula is C68H119N13O5P2. The van der Waals surface area contributed by atoms with E-state index < -0.39 is 15.0 Å². The SMILES string of the molecule is CCCC/C=C\C/C=C\CCCCCCCCNP(=O)(COCCn1cnc2c(N)ncnc21)NCCCCCCCC/C=C\C/C=C\CCCCC.CCCC/C=C\C/C=C\CCCCCCCCNP(=O)(O)COCCn1cnc2c(N)ncnc21. The van der Waals surface area contributed by atoms with Gasteiger partial charge in [-0.3, -0.25) is 19.3 Å². The second-order valence-electron chi connectivity index (χ2n) is 23.0. The van der Waals surface area contributed by atoms with Crippen molar-refractivity contribution in [3.05, 3.63) is 98.2 Å². The highest BCUT2D eigenvalue weighted by Gasteiger charge is 2.21. The molecule has 88 heavy (non-hydrogen) atoms. The van der Waals surface area contributed by atoms with Crippen LogP contribution in [0.25, 0.3) is 22.3 Å². The maximum atomic E-state index is 13.9. The molecule has 18 nitrogen and oxygen atoms in total. The first kappa shape index (κ1) is 77.6. The van der Waals surface area contributed by atoms with E-state index in [-0.39, 0.29) is 19.3 Å². The lowest BCUT2D eigenvalue weighted by Gasteiger charge is -2.21. The number of nitrogens with zero attached hydrogens (tertiary/aromatic N) is 8. The van der Waals surface area contributed by atoms with Gasteiger partial charge in [0.1, 0.15) is 36.4 Å². The Hall–Kier alpha value is -4.64. The molecule has 0 aliphatic heterocycles. The number of nitrogens with one attached hydrogen (secondary N) is 3. The Morgan fingerprint density at radius 2 is 0.750 bits per heavy atom. The predicted molar refractivity (Wildman–Crippen MR) is 371 cm³/mol. The highest BCUT2D eigenvalue weighted by atomic mass is 31.2. The van der Waals surface area contributed by atoms with Crippen molar-refractivity contribution in [3.63, 3.8) is 0 Å². The van der Waals surface area contributed by atoms with Crippen molar-refractivity contribution in [2.45, 2.75) is 252 Å². The van der Waals surface area contributed by atoms with E-state index in [1.165, 1.54) is 160 Å². The quantitative estimate of drug-likeness (QED) is 0.0137. The summed E-state index contributed by atoms with van der Waals surface area (Å²) < 4.78 is 41.2. The van der Waals surface area contributed by atoms with Gasteiger partial charge in [-0.2, -0.15) is 0 Å². The summed E-state index contributed by atoms with van der Waals surface area (Å²) in [6.07, 6.45) is 74.1. The Balaban J connectivity index is 0.000000500. The predicted octanol–water partition coefficient (Wildman–Crippen LogP) is 17.6. The highest BCUT2D eigenvalue weighted by Crippen LogP contribution is 2.36. The topological polar surface area (TPSA) is 248 Å². The molecule has 0 aliphatic carbocycles. The first-order valence-corrected chi connectivity index (χ1v) is 37.9. The van der Waals surface area contributed by atoms with Crippen molar-refractivity contribution in [2.24, 2.45) is 0 Å². The van der Waals surface area contributed by atoms with Gasteiger partial charge in [-0.15, -0.1) is 0 Å². The van der Waals surface area contributed by atoms with Crippen LogP contribution in [0.4, 0.5) is 11.6 Å². The molecule has 20 heteroatoms. The van der Waals surface area contributed by atoms with Gasteiger partial charge in [0.15, 0.2) is 22.9 Å². The van der Waals surface area contributed by atoms with E-state index >= 15 is 0 Å². The first-order chi connectivity index (χ1) is 43.1. The number of anilines is 2. The summed E-state index contributed by atoms with van der Waals surface area (Å²) in [5.74, 6) is 0.693. The summed E-state index contributed by atoms with van der Waals surface area (Å²) in [6.45, 7) is 10.4. The Morgan fingerprint density at radius 1 is 0.420 bits per heavy atom. The molecule has 2 atom stereocenters. The number of aromatic nitrogens is 8. The average molecular weight is 1260 g/mol. The van der Waals surface area contributed by atoms with Crippen molar-refractivity contribution in [2.75, 3.05) is 57.0 Å². The fraction of sp³-hybridized carbons (Fsp3) is 0.676. The zero-order valence-electron chi connectivity index (χ0n) is 54.9. The average Bonchev–Trinajstić information content (AvgIpc) is 2.25. The van der Waals surface area contributed by atoms with Crippen molar-refractivity contribution in [3.8, 4) is 0 Å². The van der Waals surface area contributed by atoms with E-state index in [1.54, 1.807) is 17.2 Å². The lowest BCUT2D eigenvalue weighted by molar-refractivity contribution is 0.158. The smallest absolute Gasteiger partial charge is 0.292 e. The number of ether oxygens (including phenoxy) is 2. The lowest BCUT2D eigenvalue weighted by atomic mass is 10.1. The summed E-state index contributed by atoms with van der Waals surface area (Å²) >= 11 is 0. The van der Waals surface area contributed by atoms with E-state index in [0.29, 0.717) is 60.2 Å². The third-order valence-electron chi connectivity index (χ3n) is 15.1. The van der Waals surface area contributed by atoms with Crippen molar-refractivity contribution in [1.29, 1.82) is 0 Å². The molecule has 0 amide bonds. The third kappa shape index (κ3) is 39.5. The van der Waals surface area contributed by atoms with Gasteiger partial charge >= 0.3 is 0 Å². The number of hydrogen-bond donors (Lipinski definition) is 6. The second kappa shape index (κ2) is 53.1.